The lowest BCUT2D eigenvalue weighted by molar-refractivity contribution is 0.0941. The van der Waals surface area contributed by atoms with E-state index in [4.69, 9.17) is 6.42 Å². The number of terminal acetylenes is 1. The van der Waals surface area contributed by atoms with Gasteiger partial charge in [0, 0.05) is 11.6 Å². The molecule has 9 heteroatoms. The fraction of sp³-hybridized carbons (Fsp3) is 0.357. The van der Waals surface area contributed by atoms with Crippen LogP contribution in [0.2, 0.25) is 0 Å². The van der Waals surface area contributed by atoms with Crippen molar-refractivity contribution in [1.82, 2.24) is 10.0 Å². The van der Waals surface area contributed by atoms with E-state index in [0.717, 1.165) is 0 Å². The zero-order valence-electron chi connectivity index (χ0n) is 12.2. The largest absolute Gasteiger partial charge is 0.348 e. The van der Waals surface area contributed by atoms with E-state index in [-0.39, 0.29) is 28.5 Å². The summed E-state index contributed by atoms with van der Waals surface area (Å²) < 4.78 is 48.6. The lowest BCUT2D eigenvalue weighted by atomic mass is 10.2. The lowest BCUT2D eigenvalue weighted by Gasteiger charge is -2.11. The molecule has 0 spiro atoms. The molecule has 0 aliphatic carbocycles. The van der Waals surface area contributed by atoms with Gasteiger partial charge in [0.15, 0.2) is 9.84 Å². The molecule has 1 aliphatic rings. The Balaban J connectivity index is 2.05. The molecular weight excluding hydrogens is 340 g/mol. The van der Waals surface area contributed by atoms with Crippen molar-refractivity contribution in [2.75, 3.05) is 18.1 Å². The van der Waals surface area contributed by atoms with Crippen molar-refractivity contribution in [3.05, 3.63) is 29.8 Å². The van der Waals surface area contributed by atoms with Crippen LogP contribution in [0.4, 0.5) is 0 Å². The Morgan fingerprint density at radius 3 is 2.48 bits per heavy atom. The van der Waals surface area contributed by atoms with E-state index in [0.29, 0.717) is 6.42 Å². The summed E-state index contributed by atoms with van der Waals surface area (Å²) in [4.78, 5) is 12.0. The highest BCUT2D eigenvalue weighted by molar-refractivity contribution is 7.91. The molecule has 1 aliphatic heterocycles. The van der Waals surface area contributed by atoms with Crippen LogP contribution in [0, 0.1) is 12.3 Å². The number of hydrogen-bond donors (Lipinski definition) is 2. The summed E-state index contributed by atoms with van der Waals surface area (Å²) >= 11 is 0. The predicted octanol–water partition coefficient (Wildman–Crippen LogP) is -0.485. The third-order valence-corrected chi connectivity index (χ3v) is 6.54. The average Bonchev–Trinajstić information content (AvgIpc) is 2.84. The van der Waals surface area contributed by atoms with Gasteiger partial charge in [0.1, 0.15) is 0 Å². The highest BCUT2D eigenvalue weighted by atomic mass is 32.2. The van der Waals surface area contributed by atoms with E-state index in [9.17, 15) is 21.6 Å². The molecule has 124 valence electrons. The van der Waals surface area contributed by atoms with Gasteiger partial charge in [-0.1, -0.05) is 5.92 Å². The molecule has 1 heterocycles. The topological polar surface area (TPSA) is 109 Å². The molecule has 1 saturated heterocycles. The van der Waals surface area contributed by atoms with E-state index in [1.165, 1.54) is 24.3 Å². The van der Waals surface area contributed by atoms with Crippen LogP contribution in [-0.2, 0) is 19.9 Å². The van der Waals surface area contributed by atoms with Crippen LogP contribution >= 0.6 is 0 Å². The highest BCUT2D eigenvalue weighted by Crippen LogP contribution is 2.14. The van der Waals surface area contributed by atoms with Gasteiger partial charge in [0.2, 0.25) is 10.0 Å². The van der Waals surface area contributed by atoms with E-state index in [1.54, 1.807) is 0 Å². The zero-order valence-corrected chi connectivity index (χ0v) is 13.8. The number of sulfone groups is 1. The predicted molar refractivity (Wildman–Crippen MR) is 85.0 cm³/mol. The summed E-state index contributed by atoms with van der Waals surface area (Å²) in [5, 5.41) is 2.63. The fourth-order valence-corrected chi connectivity index (χ4v) is 4.79. The lowest BCUT2D eigenvalue weighted by Crippen LogP contribution is -2.35. The van der Waals surface area contributed by atoms with Gasteiger partial charge in [-0.25, -0.2) is 16.8 Å². The summed E-state index contributed by atoms with van der Waals surface area (Å²) in [7, 11) is -6.78. The molecule has 1 aromatic rings. The smallest absolute Gasteiger partial charge is 0.251 e. The Labute approximate surface area is 135 Å². The van der Waals surface area contributed by atoms with Crippen molar-refractivity contribution in [2.45, 2.75) is 17.4 Å². The van der Waals surface area contributed by atoms with Gasteiger partial charge in [-0.05, 0) is 30.7 Å². The Hall–Kier alpha value is -1.89. The molecule has 2 rings (SSSR count). The van der Waals surface area contributed by atoms with Gasteiger partial charge >= 0.3 is 0 Å². The molecule has 0 unspecified atom stereocenters. The molecule has 0 aromatic heterocycles. The molecule has 7 nitrogen and oxygen atoms in total. The average molecular weight is 356 g/mol. The number of hydrogen-bond acceptors (Lipinski definition) is 5. The van der Waals surface area contributed by atoms with Crippen molar-refractivity contribution < 1.29 is 21.6 Å². The van der Waals surface area contributed by atoms with Crippen LogP contribution in [-0.4, -0.2) is 46.8 Å². The van der Waals surface area contributed by atoms with Gasteiger partial charge in [-0.2, -0.15) is 4.72 Å². The van der Waals surface area contributed by atoms with Crippen LogP contribution < -0.4 is 10.0 Å². The number of sulfonamides is 1. The molecule has 1 fully saturated rings. The van der Waals surface area contributed by atoms with Gasteiger partial charge in [-0.3, -0.25) is 4.79 Å². The van der Waals surface area contributed by atoms with E-state index in [1.807, 2.05) is 0 Å². The second kappa shape index (κ2) is 6.70. The van der Waals surface area contributed by atoms with Crippen molar-refractivity contribution in [3.63, 3.8) is 0 Å². The first-order valence-corrected chi connectivity index (χ1v) is 10.1. The summed E-state index contributed by atoms with van der Waals surface area (Å²) in [5.74, 6) is 1.73. The highest BCUT2D eigenvalue weighted by Gasteiger charge is 2.29. The first-order valence-electron chi connectivity index (χ1n) is 6.78. The summed E-state index contributed by atoms with van der Waals surface area (Å²) in [6, 6.07) is 4.90. The fourth-order valence-electron chi connectivity index (χ4n) is 2.18. The molecule has 2 N–H and O–H groups in total. The van der Waals surface area contributed by atoms with Crippen molar-refractivity contribution >= 4 is 25.8 Å². The van der Waals surface area contributed by atoms with Gasteiger partial charge in [0.25, 0.3) is 5.91 Å². The van der Waals surface area contributed by atoms with Gasteiger partial charge in [-0.15, -0.1) is 6.42 Å². The first-order chi connectivity index (χ1) is 10.7. The molecule has 1 amide bonds. The quantitative estimate of drug-likeness (QED) is 0.692. The van der Waals surface area contributed by atoms with Crippen LogP contribution in [0.25, 0.3) is 0 Å². The Morgan fingerprint density at radius 2 is 1.96 bits per heavy atom. The maximum Gasteiger partial charge on any atom is 0.251 e. The zero-order chi connectivity index (χ0) is 17.1. The standard InChI is InChI=1S/C14H16N2O5S2/c1-2-8-15-23(20,21)13-5-3-11(4-6-13)14(17)16-12-7-9-22(18,19)10-12/h1,3-6,12,15H,7-10H2,(H,16,17)/t12-/m1/s1. The minimum Gasteiger partial charge on any atom is -0.348 e. The second-order valence-corrected chi connectivity index (χ2v) is 9.12. The molecule has 0 saturated carbocycles. The molecule has 0 radical (unpaired) electrons. The van der Waals surface area contributed by atoms with Crippen LogP contribution in [0.1, 0.15) is 16.8 Å². The minimum absolute atomic E-state index is 0.00672. The van der Waals surface area contributed by atoms with E-state index < -0.39 is 31.8 Å². The SMILES string of the molecule is C#CCNS(=O)(=O)c1ccc(C(=O)N[C@@H]2CCS(=O)(=O)C2)cc1. The summed E-state index contributed by atoms with van der Waals surface area (Å²) in [6.45, 7) is -0.124. The third kappa shape index (κ3) is 4.54. The Morgan fingerprint density at radius 1 is 1.30 bits per heavy atom. The number of carbonyl (C=O) groups excluding carboxylic acids is 1. The third-order valence-electron chi connectivity index (χ3n) is 3.36. The van der Waals surface area contributed by atoms with E-state index in [2.05, 4.69) is 16.0 Å². The van der Waals surface area contributed by atoms with E-state index >= 15 is 0 Å². The van der Waals surface area contributed by atoms with Crippen molar-refractivity contribution in [1.29, 1.82) is 0 Å². The second-order valence-electron chi connectivity index (χ2n) is 5.13. The summed E-state index contributed by atoms with van der Waals surface area (Å²) in [5.41, 5.74) is 0.255. The number of rotatable bonds is 5. The maximum atomic E-state index is 12.0. The monoisotopic (exact) mass is 356 g/mol. The number of amides is 1. The molecule has 23 heavy (non-hydrogen) atoms. The first kappa shape index (κ1) is 17.5. The van der Waals surface area contributed by atoms with Crippen LogP contribution in [0.5, 0.6) is 0 Å². The Bertz CT molecular complexity index is 836. The molecule has 0 bridgehead atoms. The normalized spacial score (nSPS) is 19.9. The Kier molecular flexibility index (Phi) is 5.09. The number of benzene rings is 1. The summed E-state index contributed by atoms with van der Waals surface area (Å²) in [6.07, 6.45) is 5.39. The molecule has 1 atom stereocenters. The molecular formula is C14H16N2O5S2. The van der Waals surface area contributed by atoms with Crippen molar-refractivity contribution in [2.24, 2.45) is 0 Å². The van der Waals surface area contributed by atoms with Gasteiger partial charge in [0.05, 0.1) is 22.9 Å². The van der Waals surface area contributed by atoms with Gasteiger partial charge < -0.3 is 5.32 Å². The van der Waals surface area contributed by atoms with Crippen LogP contribution in [0.3, 0.4) is 0 Å². The number of carbonyl (C=O) groups is 1. The number of nitrogens with one attached hydrogen (secondary N) is 2. The van der Waals surface area contributed by atoms with Crippen molar-refractivity contribution in [3.8, 4) is 12.3 Å². The molecule has 1 aromatic carbocycles. The van der Waals surface area contributed by atoms with Crippen LogP contribution in [0.15, 0.2) is 29.2 Å². The maximum absolute atomic E-state index is 12.0. The minimum atomic E-state index is -3.71.